The molecule has 3 heterocycles. The van der Waals surface area contributed by atoms with Crippen LogP contribution in [0.2, 0.25) is 0 Å². The molecule has 2 aromatic heterocycles. The number of nitrogens with one attached hydrogen (secondary N) is 2. The highest BCUT2D eigenvalue weighted by molar-refractivity contribution is 7.17. The van der Waals surface area contributed by atoms with Crippen molar-refractivity contribution in [1.82, 2.24) is 20.2 Å². The number of amides is 1. The summed E-state index contributed by atoms with van der Waals surface area (Å²) in [6.45, 7) is 3.22. The van der Waals surface area contributed by atoms with Gasteiger partial charge in [0.25, 0.3) is 5.56 Å². The number of fused-ring (bicyclic) bond motifs is 1. The van der Waals surface area contributed by atoms with Gasteiger partial charge in [0.1, 0.15) is 10.5 Å². The van der Waals surface area contributed by atoms with Crippen molar-refractivity contribution in [3.8, 4) is 0 Å². The highest BCUT2D eigenvalue weighted by Crippen LogP contribution is 2.25. The molecule has 1 fully saturated rings. The van der Waals surface area contributed by atoms with Crippen molar-refractivity contribution in [2.24, 2.45) is 0 Å². The first-order valence-corrected chi connectivity index (χ1v) is 8.41. The molecule has 0 bridgehead atoms. The van der Waals surface area contributed by atoms with Gasteiger partial charge in [0, 0.05) is 7.05 Å². The zero-order chi connectivity index (χ0) is 15.7. The van der Waals surface area contributed by atoms with Crippen LogP contribution in [0.15, 0.2) is 16.2 Å². The minimum atomic E-state index is -0.457. The maximum Gasteiger partial charge on any atom is 0.268 e. The Hall–Kier alpha value is -1.44. The maximum atomic E-state index is 12.7. The second kappa shape index (κ2) is 6.98. The summed E-state index contributed by atoms with van der Waals surface area (Å²) in [4.78, 5) is 33.6. The number of likely N-dealkylation sites (N-methyl/N-ethyl adjacent to an activating group) is 1. The number of nitrogens with zero attached hydrogens (tertiary/aromatic N) is 2. The molecule has 3 rings (SSSR count). The smallest absolute Gasteiger partial charge is 0.268 e. The molecule has 1 unspecified atom stereocenters. The number of halogens is 1. The van der Waals surface area contributed by atoms with E-state index in [9.17, 15) is 9.59 Å². The summed E-state index contributed by atoms with van der Waals surface area (Å²) in [6, 6.07) is 1.83. The number of hydrogen-bond donors (Lipinski definition) is 2. The Morgan fingerprint density at radius 1 is 1.52 bits per heavy atom. The lowest BCUT2D eigenvalue weighted by molar-refractivity contribution is -0.137. The molecule has 0 spiro atoms. The normalized spacial score (nSPS) is 20.4. The predicted molar refractivity (Wildman–Crippen MR) is 94.2 cm³/mol. The number of rotatable bonds is 4. The Balaban J connectivity index is 0.00000192. The molecule has 2 aromatic rings. The topological polar surface area (TPSA) is 78.1 Å². The van der Waals surface area contributed by atoms with Crippen LogP contribution in [0.25, 0.3) is 10.2 Å². The van der Waals surface area contributed by atoms with E-state index in [0.717, 1.165) is 25.8 Å². The number of H-pyrrole nitrogens is 1. The summed E-state index contributed by atoms with van der Waals surface area (Å²) in [7, 11) is 1.76. The molecule has 8 heteroatoms. The lowest BCUT2D eigenvalue weighted by Gasteiger charge is -2.31. The molecule has 0 radical (unpaired) electrons. The van der Waals surface area contributed by atoms with E-state index in [4.69, 9.17) is 0 Å². The maximum absolute atomic E-state index is 12.7. The van der Waals surface area contributed by atoms with Crippen LogP contribution >= 0.6 is 23.7 Å². The number of aromatic amines is 1. The van der Waals surface area contributed by atoms with Crippen LogP contribution in [-0.4, -0.2) is 39.9 Å². The second-order valence-electron chi connectivity index (χ2n) is 5.77. The van der Waals surface area contributed by atoms with Crippen LogP contribution in [-0.2, 0) is 11.3 Å². The first-order valence-electron chi connectivity index (χ1n) is 7.53. The standard InChI is InChI=1S/C15H20N4O2S.ClH/c1-3-15(6-4-7-16-15)14(21)19(2)9-11-17-10-5-8-22-12(10)13(20)18-11;/h5,8,16H,3-4,6-7,9H2,1-2H3,(H,17,18,20);1H. The fourth-order valence-corrected chi connectivity index (χ4v) is 3.83. The summed E-state index contributed by atoms with van der Waals surface area (Å²) >= 11 is 1.37. The summed E-state index contributed by atoms with van der Waals surface area (Å²) in [5, 5.41) is 5.19. The van der Waals surface area contributed by atoms with E-state index >= 15 is 0 Å². The first kappa shape index (κ1) is 17.9. The molecule has 6 nitrogen and oxygen atoms in total. The largest absolute Gasteiger partial charge is 0.337 e. The van der Waals surface area contributed by atoms with E-state index in [0.29, 0.717) is 22.6 Å². The number of thiophene rings is 1. The van der Waals surface area contributed by atoms with Crippen molar-refractivity contribution >= 4 is 39.9 Å². The zero-order valence-corrected chi connectivity index (χ0v) is 14.9. The lowest BCUT2D eigenvalue weighted by Crippen LogP contribution is -2.53. The van der Waals surface area contributed by atoms with Gasteiger partial charge in [0.2, 0.25) is 5.91 Å². The van der Waals surface area contributed by atoms with E-state index in [1.165, 1.54) is 11.3 Å². The van der Waals surface area contributed by atoms with Crippen LogP contribution in [0.1, 0.15) is 32.0 Å². The van der Waals surface area contributed by atoms with Gasteiger partial charge in [-0.15, -0.1) is 23.7 Å². The number of carbonyl (C=O) groups excluding carboxylic acids is 1. The van der Waals surface area contributed by atoms with Gasteiger partial charge >= 0.3 is 0 Å². The monoisotopic (exact) mass is 356 g/mol. The van der Waals surface area contributed by atoms with Gasteiger partial charge in [-0.3, -0.25) is 9.59 Å². The molecule has 1 saturated heterocycles. The molecular formula is C15H21ClN4O2S. The molecule has 126 valence electrons. The lowest BCUT2D eigenvalue weighted by atomic mass is 9.92. The second-order valence-corrected chi connectivity index (χ2v) is 6.69. The molecule has 0 aliphatic carbocycles. The van der Waals surface area contributed by atoms with Crippen LogP contribution in [0.3, 0.4) is 0 Å². The summed E-state index contributed by atoms with van der Waals surface area (Å²) in [6.07, 6.45) is 2.65. The molecule has 23 heavy (non-hydrogen) atoms. The fraction of sp³-hybridized carbons (Fsp3) is 0.533. The van der Waals surface area contributed by atoms with Crippen molar-refractivity contribution in [1.29, 1.82) is 0 Å². The van der Waals surface area contributed by atoms with Crippen molar-refractivity contribution in [3.63, 3.8) is 0 Å². The molecule has 2 N–H and O–H groups in total. The van der Waals surface area contributed by atoms with Gasteiger partial charge in [0.15, 0.2) is 0 Å². The molecule has 0 aromatic carbocycles. The van der Waals surface area contributed by atoms with Crippen molar-refractivity contribution in [2.45, 2.75) is 38.3 Å². The number of hydrogen-bond acceptors (Lipinski definition) is 5. The Morgan fingerprint density at radius 3 is 2.96 bits per heavy atom. The first-order chi connectivity index (χ1) is 10.6. The SMILES string of the molecule is CCC1(C(=O)N(C)Cc2nc3ccsc3c(=O)[nH]2)CCCN1.Cl. The third kappa shape index (κ3) is 3.27. The highest BCUT2D eigenvalue weighted by Gasteiger charge is 2.40. The quantitative estimate of drug-likeness (QED) is 0.877. The summed E-state index contributed by atoms with van der Waals surface area (Å²) in [5.74, 6) is 0.594. The molecule has 1 aliphatic rings. The number of carbonyl (C=O) groups is 1. The molecular weight excluding hydrogens is 336 g/mol. The van der Waals surface area contributed by atoms with Crippen LogP contribution in [0, 0.1) is 0 Å². The van der Waals surface area contributed by atoms with E-state index in [-0.39, 0.29) is 23.9 Å². The molecule has 0 saturated carbocycles. The fourth-order valence-electron chi connectivity index (χ4n) is 3.10. The third-order valence-electron chi connectivity index (χ3n) is 4.35. The van der Waals surface area contributed by atoms with Crippen LogP contribution in [0.4, 0.5) is 0 Å². The minimum absolute atomic E-state index is 0. The Bertz CT molecular complexity index is 751. The Kier molecular flexibility index (Phi) is 5.44. The predicted octanol–water partition coefficient (Wildman–Crippen LogP) is 1.90. The van der Waals surface area contributed by atoms with Gasteiger partial charge in [-0.2, -0.15) is 0 Å². The summed E-state index contributed by atoms with van der Waals surface area (Å²) in [5.41, 5.74) is 0.0930. The van der Waals surface area contributed by atoms with Crippen molar-refractivity contribution in [2.75, 3.05) is 13.6 Å². The van der Waals surface area contributed by atoms with Gasteiger partial charge < -0.3 is 15.2 Å². The zero-order valence-electron chi connectivity index (χ0n) is 13.2. The third-order valence-corrected chi connectivity index (χ3v) is 5.26. The minimum Gasteiger partial charge on any atom is -0.337 e. The Labute approximate surface area is 144 Å². The average molecular weight is 357 g/mol. The molecule has 1 amide bonds. The van der Waals surface area contributed by atoms with E-state index in [2.05, 4.69) is 15.3 Å². The van der Waals surface area contributed by atoms with Gasteiger partial charge in [-0.05, 0) is 37.3 Å². The van der Waals surface area contributed by atoms with Crippen LogP contribution < -0.4 is 10.9 Å². The van der Waals surface area contributed by atoms with Gasteiger partial charge in [-0.1, -0.05) is 6.92 Å². The molecule has 1 aliphatic heterocycles. The van der Waals surface area contributed by atoms with E-state index in [1.807, 2.05) is 18.4 Å². The van der Waals surface area contributed by atoms with Crippen LogP contribution in [0.5, 0.6) is 0 Å². The summed E-state index contributed by atoms with van der Waals surface area (Å²) < 4.78 is 0.625. The molecule has 1 atom stereocenters. The van der Waals surface area contributed by atoms with Crippen molar-refractivity contribution in [3.05, 3.63) is 27.6 Å². The number of aromatic nitrogens is 2. The van der Waals surface area contributed by atoms with Gasteiger partial charge in [-0.25, -0.2) is 4.98 Å². The van der Waals surface area contributed by atoms with E-state index < -0.39 is 5.54 Å². The van der Waals surface area contributed by atoms with E-state index in [1.54, 1.807) is 11.9 Å². The van der Waals surface area contributed by atoms with Gasteiger partial charge in [0.05, 0.1) is 17.6 Å². The highest BCUT2D eigenvalue weighted by atomic mass is 35.5. The Morgan fingerprint density at radius 2 is 2.30 bits per heavy atom. The van der Waals surface area contributed by atoms with Crippen molar-refractivity contribution < 1.29 is 4.79 Å². The average Bonchev–Trinajstić information content (AvgIpc) is 3.16.